The second kappa shape index (κ2) is 7.37. The zero-order valence-corrected chi connectivity index (χ0v) is 15.3. The van der Waals surface area contributed by atoms with Gasteiger partial charge in [-0.25, -0.2) is 14.4 Å². The molecule has 3 N–H and O–H groups in total. The van der Waals surface area contributed by atoms with Crippen LogP contribution in [0.2, 0.25) is 0 Å². The maximum absolute atomic E-state index is 13.9. The minimum absolute atomic E-state index is 0.0429. The summed E-state index contributed by atoms with van der Waals surface area (Å²) in [5.41, 5.74) is 8.75. The molecule has 0 spiro atoms. The number of carbonyl (C=O) groups excluding carboxylic acids is 1. The van der Waals surface area contributed by atoms with Crippen LogP contribution in [0.15, 0.2) is 18.2 Å². The van der Waals surface area contributed by atoms with E-state index in [2.05, 4.69) is 20.2 Å². The number of primary amides is 1. The highest BCUT2D eigenvalue weighted by Crippen LogP contribution is 2.24. The number of nitrogens with zero attached hydrogens (tertiary/aromatic N) is 3. The van der Waals surface area contributed by atoms with Crippen LogP contribution in [-0.4, -0.2) is 35.0 Å². The zero-order valence-electron chi connectivity index (χ0n) is 15.3. The van der Waals surface area contributed by atoms with E-state index in [0.29, 0.717) is 12.1 Å². The smallest absolute Gasteiger partial charge is 0.286 e. The highest BCUT2D eigenvalue weighted by molar-refractivity contribution is 5.89. The molecule has 1 fully saturated rings. The standard InChI is InChI=1S/C19H24FN5O/c1-11-4-5-16(20)14(8-11)9-22-15-6-7-25(10-15)19-12(2)13(3)23-18(24-19)17(21)26/h4-5,8,15,22H,6-7,9-10H2,1-3H3,(H2,21,26)/t15-/m1/s1. The Balaban J connectivity index is 1.69. The molecular formula is C19H24FN5O. The summed E-state index contributed by atoms with van der Waals surface area (Å²) in [6, 6.07) is 5.37. The van der Waals surface area contributed by atoms with Crippen LogP contribution in [-0.2, 0) is 6.54 Å². The quantitative estimate of drug-likeness (QED) is 0.855. The summed E-state index contributed by atoms with van der Waals surface area (Å²) in [6.45, 7) is 7.78. The number of rotatable bonds is 5. The summed E-state index contributed by atoms with van der Waals surface area (Å²) < 4.78 is 13.9. The molecule has 138 valence electrons. The van der Waals surface area contributed by atoms with Crippen LogP contribution < -0.4 is 16.0 Å². The number of hydrogen-bond acceptors (Lipinski definition) is 5. The highest BCUT2D eigenvalue weighted by atomic mass is 19.1. The number of hydrogen-bond donors (Lipinski definition) is 2. The van der Waals surface area contributed by atoms with Gasteiger partial charge in [0.2, 0.25) is 5.82 Å². The predicted octanol–water partition coefficient (Wildman–Crippen LogP) is 2.01. The Labute approximate surface area is 152 Å². The van der Waals surface area contributed by atoms with Gasteiger partial charge in [0, 0.05) is 42.5 Å². The van der Waals surface area contributed by atoms with Crippen LogP contribution in [0, 0.1) is 26.6 Å². The lowest BCUT2D eigenvalue weighted by molar-refractivity contribution is 0.0990. The zero-order chi connectivity index (χ0) is 18.8. The molecule has 1 aliphatic heterocycles. The van der Waals surface area contributed by atoms with Crippen LogP contribution in [0.4, 0.5) is 10.2 Å². The minimum Gasteiger partial charge on any atom is -0.363 e. The van der Waals surface area contributed by atoms with Gasteiger partial charge in [-0.15, -0.1) is 0 Å². The first-order chi connectivity index (χ1) is 12.3. The number of aryl methyl sites for hydroxylation is 2. The van der Waals surface area contributed by atoms with E-state index in [1.807, 2.05) is 26.8 Å². The molecule has 7 heteroatoms. The van der Waals surface area contributed by atoms with E-state index in [4.69, 9.17) is 5.73 Å². The summed E-state index contributed by atoms with van der Waals surface area (Å²) in [5, 5.41) is 3.42. The third-order valence-corrected chi connectivity index (χ3v) is 4.85. The Morgan fingerprint density at radius 1 is 1.35 bits per heavy atom. The Bertz CT molecular complexity index is 839. The third kappa shape index (κ3) is 3.83. The van der Waals surface area contributed by atoms with Crippen LogP contribution in [0.1, 0.15) is 39.4 Å². The fourth-order valence-electron chi connectivity index (χ4n) is 3.24. The highest BCUT2D eigenvalue weighted by Gasteiger charge is 2.26. The number of nitrogens with two attached hydrogens (primary N) is 1. The third-order valence-electron chi connectivity index (χ3n) is 4.85. The SMILES string of the molecule is Cc1ccc(F)c(CN[C@@H]2CCN(c3nc(C(N)=O)nc(C)c3C)C2)c1. The summed E-state index contributed by atoms with van der Waals surface area (Å²) in [5.74, 6) is -0.0249. The van der Waals surface area contributed by atoms with Gasteiger partial charge in [0.1, 0.15) is 11.6 Å². The fraction of sp³-hybridized carbons (Fsp3) is 0.421. The van der Waals surface area contributed by atoms with Gasteiger partial charge in [0.15, 0.2) is 0 Å². The monoisotopic (exact) mass is 357 g/mol. The summed E-state index contributed by atoms with van der Waals surface area (Å²) in [6.07, 6.45) is 0.918. The molecule has 1 aromatic heterocycles. The van der Waals surface area contributed by atoms with Gasteiger partial charge >= 0.3 is 0 Å². The molecular weight excluding hydrogens is 333 g/mol. The molecule has 1 aromatic carbocycles. The van der Waals surface area contributed by atoms with E-state index in [0.717, 1.165) is 42.1 Å². The molecule has 0 aliphatic carbocycles. The number of benzene rings is 1. The summed E-state index contributed by atoms with van der Waals surface area (Å²) >= 11 is 0. The summed E-state index contributed by atoms with van der Waals surface area (Å²) in [4.78, 5) is 22.1. The van der Waals surface area contributed by atoms with E-state index in [9.17, 15) is 9.18 Å². The van der Waals surface area contributed by atoms with E-state index in [1.54, 1.807) is 6.07 Å². The van der Waals surface area contributed by atoms with E-state index < -0.39 is 5.91 Å². The number of halogens is 1. The Morgan fingerprint density at radius 3 is 2.85 bits per heavy atom. The maximum Gasteiger partial charge on any atom is 0.286 e. The molecule has 3 rings (SSSR count). The second-order valence-electron chi connectivity index (χ2n) is 6.85. The van der Waals surface area contributed by atoms with Gasteiger partial charge < -0.3 is 16.0 Å². The van der Waals surface area contributed by atoms with Crippen molar-refractivity contribution in [2.45, 2.75) is 39.8 Å². The van der Waals surface area contributed by atoms with E-state index >= 15 is 0 Å². The van der Waals surface area contributed by atoms with Crippen molar-refractivity contribution >= 4 is 11.7 Å². The minimum atomic E-state index is -0.627. The van der Waals surface area contributed by atoms with Crippen LogP contribution >= 0.6 is 0 Å². The van der Waals surface area contributed by atoms with Gasteiger partial charge in [0.25, 0.3) is 5.91 Å². The molecule has 1 saturated heterocycles. The second-order valence-corrected chi connectivity index (χ2v) is 6.85. The first kappa shape index (κ1) is 18.3. The van der Waals surface area contributed by atoms with Crippen molar-refractivity contribution in [2.75, 3.05) is 18.0 Å². The number of aromatic nitrogens is 2. The largest absolute Gasteiger partial charge is 0.363 e. The van der Waals surface area contributed by atoms with Crippen molar-refractivity contribution < 1.29 is 9.18 Å². The van der Waals surface area contributed by atoms with Crippen molar-refractivity contribution in [3.8, 4) is 0 Å². The molecule has 2 aromatic rings. The molecule has 6 nitrogen and oxygen atoms in total. The van der Waals surface area contributed by atoms with Gasteiger partial charge in [-0.3, -0.25) is 4.79 Å². The lowest BCUT2D eigenvalue weighted by Crippen LogP contribution is -2.33. The van der Waals surface area contributed by atoms with Crippen LogP contribution in [0.5, 0.6) is 0 Å². The van der Waals surface area contributed by atoms with E-state index in [-0.39, 0.29) is 17.7 Å². The molecule has 0 bridgehead atoms. The lowest BCUT2D eigenvalue weighted by Gasteiger charge is -2.21. The van der Waals surface area contributed by atoms with Crippen molar-refractivity contribution in [1.29, 1.82) is 0 Å². The Kier molecular flexibility index (Phi) is 5.18. The van der Waals surface area contributed by atoms with Crippen molar-refractivity contribution in [2.24, 2.45) is 5.73 Å². The number of anilines is 1. The molecule has 0 radical (unpaired) electrons. The average Bonchev–Trinajstić information content (AvgIpc) is 3.06. The molecule has 1 aliphatic rings. The maximum atomic E-state index is 13.9. The number of nitrogens with one attached hydrogen (secondary N) is 1. The lowest BCUT2D eigenvalue weighted by atomic mass is 10.1. The molecule has 1 amide bonds. The van der Waals surface area contributed by atoms with Gasteiger partial charge in [-0.2, -0.15) is 0 Å². The number of carbonyl (C=O) groups is 1. The van der Waals surface area contributed by atoms with Gasteiger partial charge in [-0.05, 0) is 33.3 Å². The molecule has 26 heavy (non-hydrogen) atoms. The van der Waals surface area contributed by atoms with E-state index in [1.165, 1.54) is 6.07 Å². The van der Waals surface area contributed by atoms with Crippen molar-refractivity contribution in [3.05, 3.63) is 52.2 Å². The normalized spacial score (nSPS) is 16.9. The Hall–Kier alpha value is -2.54. The summed E-state index contributed by atoms with van der Waals surface area (Å²) in [7, 11) is 0. The fourth-order valence-corrected chi connectivity index (χ4v) is 3.24. The first-order valence-electron chi connectivity index (χ1n) is 8.73. The molecule has 2 heterocycles. The molecule has 0 unspecified atom stereocenters. The van der Waals surface area contributed by atoms with Gasteiger partial charge in [-0.1, -0.05) is 17.7 Å². The molecule has 0 saturated carbocycles. The van der Waals surface area contributed by atoms with Crippen molar-refractivity contribution in [1.82, 2.24) is 15.3 Å². The topological polar surface area (TPSA) is 84.1 Å². The Morgan fingerprint density at radius 2 is 2.12 bits per heavy atom. The molecule has 1 atom stereocenters. The number of amides is 1. The first-order valence-corrected chi connectivity index (χ1v) is 8.73. The van der Waals surface area contributed by atoms with Crippen LogP contribution in [0.3, 0.4) is 0 Å². The van der Waals surface area contributed by atoms with Crippen molar-refractivity contribution in [3.63, 3.8) is 0 Å². The average molecular weight is 357 g/mol. The van der Waals surface area contributed by atoms with Crippen LogP contribution in [0.25, 0.3) is 0 Å². The predicted molar refractivity (Wildman–Crippen MR) is 98.6 cm³/mol. The van der Waals surface area contributed by atoms with Gasteiger partial charge in [0.05, 0.1) is 0 Å².